The molecule has 1 saturated carbocycles. The zero-order valence-corrected chi connectivity index (χ0v) is 11.2. The monoisotopic (exact) mass is 263 g/mol. The molecule has 1 unspecified atom stereocenters. The summed E-state index contributed by atoms with van der Waals surface area (Å²) in [5.41, 5.74) is 1.59. The van der Waals surface area contributed by atoms with Crippen molar-refractivity contribution in [2.75, 3.05) is 11.9 Å². The van der Waals surface area contributed by atoms with Crippen molar-refractivity contribution in [3.05, 3.63) is 23.8 Å². The van der Waals surface area contributed by atoms with Crippen LogP contribution < -0.4 is 4.90 Å². The molecule has 1 amide bonds. The third-order valence-corrected chi connectivity index (χ3v) is 5.16. The Labute approximate surface area is 111 Å². The minimum Gasteiger partial charge on any atom is -0.378 e. The average molecular weight is 263 g/mol. The van der Waals surface area contributed by atoms with Gasteiger partial charge < -0.3 is 10.0 Å². The Balaban J connectivity index is 1.85. The van der Waals surface area contributed by atoms with E-state index in [1.807, 2.05) is 30.0 Å². The average Bonchev–Trinajstić information content (AvgIpc) is 2.95. The first-order valence-electron chi connectivity index (χ1n) is 6.43. The van der Waals surface area contributed by atoms with Crippen molar-refractivity contribution in [1.29, 1.82) is 0 Å². The van der Waals surface area contributed by atoms with Gasteiger partial charge in [0.15, 0.2) is 6.10 Å². The van der Waals surface area contributed by atoms with Gasteiger partial charge in [-0.05, 0) is 25.0 Å². The Morgan fingerprint density at radius 2 is 2.06 bits per heavy atom. The molecule has 0 spiro atoms. The van der Waals surface area contributed by atoms with Crippen molar-refractivity contribution < 1.29 is 9.90 Å². The Morgan fingerprint density at radius 1 is 1.33 bits per heavy atom. The van der Waals surface area contributed by atoms with Crippen LogP contribution in [0.5, 0.6) is 0 Å². The molecule has 4 heteroatoms. The highest BCUT2D eigenvalue weighted by molar-refractivity contribution is 8.00. The maximum Gasteiger partial charge on any atom is 0.260 e. The maximum atomic E-state index is 11.7. The van der Waals surface area contributed by atoms with Crippen molar-refractivity contribution >= 4 is 23.4 Å². The molecule has 0 bridgehead atoms. The first kappa shape index (κ1) is 12.1. The lowest BCUT2D eigenvalue weighted by Gasteiger charge is -2.13. The number of amides is 1. The maximum absolute atomic E-state index is 11.7. The fourth-order valence-corrected chi connectivity index (χ4v) is 4.03. The van der Waals surface area contributed by atoms with Gasteiger partial charge in [0.25, 0.3) is 5.91 Å². The molecule has 3 nitrogen and oxygen atoms in total. The molecule has 1 aromatic carbocycles. The van der Waals surface area contributed by atoms with E-state index in [9.17, 15) is 9.90 Å². The molecule has 3 rings (SSSR count). The van der Waals surface area contributed by atoms with Crippen LogP contribution >= 0.6 is 11.8 Å². The summed E-state index contributed by atoms with van der Waals surface area (Å²) >= 11 is 1.90. The Kier molecular flexibility index (Phi) is 3.08. The summed E-state index contributed by atoms with van der Waals surface area (Å²) in [5, 5.41) is 10.5. The fraction of sp³-hybridized carbons (Fsp3) is 0.500. The van der Waals surface area contributed by atoms with Crippen molar-refractivity contribution in [2.45, 2.75) is 41.9 Å². The Morgan fingerprint density at radius 3 is 2.78 bits per heavy atom. The molecule has 18 heavy (non-hydrogen) atoms. The molecular weight excluding hydrogens is 246 g/mol. The highest BCUT2D eigenvalue weighted by Gasteiger charge is 2.33. The van der Waals surface area contributed by atoms with E-state index in [0.29, 0.717) is 0 Å². The van der Waals surface area contributed by atoms with Gasteiger partial charge >= 0.3 is 0 Å². The number of fused-ring (bicyclic) bond motifs is 1. The van der Waals surface area contributed by atoms with Crippen LogP contribution in [0.3, 0.4) is 0 Å². The van der Waals surface area contributed by atoms with Crippen molar-refractivity contribution in [3.63, 3.8) is 0 Å². The van der Waals surface area contributed by atoms with Gasteiger partial charge in [0.2, 0.25) is 0 Å². The Bertz CT molecular complexity index is 483. The summed E-state index contributed by atoms with van der Waals surface area (Å²) in [7, 11) is 1.72. The lowest BCUT2D eigenvalue weighted by atomic mass is 10.1. The molecule has 1 aliphatic carbocycles. The van der Waals surface area contributed by atoms with Gasteiger partial charge in [0, 0.05) is 22.8 Å². The zero-order valence-electron chi connectivity index (χ0n) is 10.4. The third-order valence-electron chi connectivity index (χ3n) is 3.83. The minimum absolute atomic E-state index is 0.229. The number of benzene rings is 1. The third kappa shape index (κ3) is 1.93. The summed E-state index contributed by atoms with van der Waals surface area (Å²) in [6.45, 7) is 0. The van der Waals surface area contributed by atoms with Crippen molar-refractivity contribution in [1.82, 2.24) is 0 Å². The number of anilines is 1. The van der Waals surface area contributed by atoms with E-state index in [2.05, 4.69) is 0 Å². The van der Waals surface area contributed by atoms with Gasteiger partial charge in [-0.25, -0.2) is 0 Å². The van der Waals surface area contributed by atoms with Gasteiger partial charge in [-0.3, -0.25) is 4.79 Å². The molecule has 1 atom stereocenters. The van der Waals surface area contributed by atoms with Crippen LogP contribution in [0.4, 0.5) is 5.69 Å². The highest BCUT2D eigenvalue weighted by atomic mass is 32.2. The number of likely N-dealkylation sites (N-methyl/N-ethyl adjacent to an activating group) is 1. The lowest BCUT2D eigenvalue weighted by molar-refractivity contribution is -0.125. The second-order valence-corrected chi connectivity index (χ2v) is 6.42. The molecule has 1 N–H and O–H groups in total. The number of carbonyl (C=O) groups is 1. The van der Waals surface area contributed by atoms with Gasteiger partial charge in [0.1, 0.15) is 0 Å². The quantitative estimate of drug-likeness (QED) is 0.892. The first-order chi connectivity index (χ1) is 8.66. The lowest BCUT2D eigenvalue weighted by Crippen LogP contribution is -2.23. The number of hydrogen-bond acceptors (Lipinski definition) is 3. The molecular formula is C14H17NO2S. The molecule has 1 fully saturated rings. The summed E-state index contributed by atoms with van der Waals surface area (Å²) in [6, 6.07) is 5.95. The summed E-state index contributed by atoms with van der Waals surface area (Å²) < 4.78 is 0. The standard InChI is InChI=1S/C14H17NO2S/c1-15-12-8-10(18-9-4-2-3-5-9)6-7-11(12)13(16)14(15)17/h6-9,13,16H,2-5H2,1H3. The van der Waals surface area contributed by atoms with Crippen molar-refractivity contribution in [3.8, 4) is 0 Å². The summed E-state index contributed by atoms with van der Waals surface area (Å²) in [6.07, 6.45) is 4.27. The van der Waals surface area contributed by atoms with Crippen LogP contribution in [0.2, 0.25) is 0 Å². The summed E-state index contributed by atoms with van der Waals surface area (Å²) in [5.74, 6) is -0.229. The number of nitrogens with zero attached hydrogens (tertiary/aromatic N) is 1. The first-order valence-corrected chi connectivity index (χ1v) is 7.31. The number of hydrogen-bond donors (Lipinski definition) is 1. The van der Waals surface area contributed by atoms with Gasteiger partial charge in [-0.1, -0.05) is 18.9 Å². The van der Waals surface area contributed by atoms with Gasteiger partial charge in [-0.2, -0.15) is 0 Å². The smallest absolute Gasteiger partial charge is 0.260 e. The van der Waals surface area contributed by atoms with E-state index in [4.69, 9.17) is 0 Å². The topological polar surface area (TPSA) is 40.5 Å². The molecule has 1 heterocycles. The molecule has 96 valence electrons. The molecule has 0 aromatic heterocycles. The highest BCUT2D eigenvalue weighted by Crippen LogP contribution is 2.40. The number of aliphatic hydroxyl groups excluding tert-OH is 1. The zero-order chi connectivity index (χ0) is 12.7. The van der Waals surface area contributed by atoms with Crippen LogP contribution in [-0.2, 0) is 4.79 Å². The SMILES string of the molecule is CN1C(=O)C(O)c2ccc(SC3CCCC3)cc21. The number of thioether (sulfide) groups is 1. The number of carbonyl (C=O) groups excluding carboxylic acids is 1. The normalized spacial score (nSPS) is 23.8. The van der Waals surface area contributed by atoms with E-state index in [1.165, 1.54) is 30.6 Å². The van der Waals surface area contributed by atoms with E-state index >= 15 is 0 Å². The van der Waals surface area contributed by atoms with E-state index in [-0.39, 0.29) is 5.91 Å². The number of rotatable bonds is 2. The van der Waals surface area contributed by atoms with E-state index in [1.54, 1.807) is 11.9 Å². The predicted molar refractivity (Wildman–Crippen MR) is 72.9 cm³/mol. The van der Waals surface area contributed by atoms with Gasteiger partial charge in [-0.15, -0.1) is 11.8 Å². The Hall–Kier alpha value is -1.00. The summed E-state index contributed by atoms with van der Waals surface area (Å²) in [4.78, 5) is 14.4. The van der Waals surface area contributed by atoms with E-state index in [0.717, 1.165) is 16.5 Å². The molecule has 1 aromatic rings. The van der Waals surface area contributed by atoms with Crippen molar-refractivity contribution in [2.24, 2.45) is 0 Å². The molecule has 2 aliphatic rings. The molecule has 0 saturated heterocycles. The number of aliphatic hydroxyl groups is 1. The van der Waals surface area contributed by atoms with Crippen LogP contribution in [0, 0.1) is 0 Å². The van der Waals surface area contributed by atoms with E-state index < -0.39 is 6.10 Å². The second-order valence-electron chi connectivity index (χ2n) is 5.04. The molecule has 1 aliphatic heterocycles. The fourth-order valence-electron chi connectivity index (χ4n) is 2.75. The van der Waals surface area contributed by atoms with Gasteiger partial charge in [0.05, 0.1) is 5.69 Å². The van der Waals surface area contributed by atoms with Crippen LogP contribution in [0.1, 0.15) is 37.4 Å². The van der Waals surface area contributed by atoms with Crippen LogP contribution in [0.25, 0.3) is 0 Å². The van der Waals surface area contributed by atoms with Crippen LogP contribution in [-0.4, -0.2) is 23.3 Å². The van der Waals surface area contributed by atoms with Crippen LogP contribution in [0.15, 0.2) is 23.1 Å². The largest absolute Gasteiger partial charge is 0.378 e. The minimum atomic E-state index is -0.976. The second kappa shape index (κ2) is 4.59. The molecule has 0 radical (unpaired) electrons. The predicted octanol–water partition coefficient (Wildman–Crippen LogP) is 2.73.